The summed E-state index contributed by atoms with van der Waals surface area (Å²) >= 11 is 0. The Bertz CT molecular complexity index is 889. The van der Waals surface area contributed by atoms with Crippen molar-refractivity contribution in [2.45, 2.75) is 12.8 Å². The Hall–Kier alpha value is -2.80. The van der Waals surface area contributed by atoms with Crippen LogP contribution in [0.4, 0.5) is 0 Å². The van der Waals surface area contributed by atoms with E-state index >= 15 is 0 Å². The van der Waals surface area contributed by atoms with Gasteiger partial charge in [-0.2, -0.15) is 0 Å². The highest BCUT2D eigenvalue weighted by Gasteiger charge is 2.29. The third-order valence-corrected chi connectivity index (χ3v) is 4.86. The number of allylic oxidation sites excluding steroid dienone is 1. The van der Waals surface area contributed by atoms with Crippen molar-refractivity contribution in [1.29, 1.82) is 0 Å². The van der Waals surface area contributed by atoms with Crippen molar-refractivity contribution in [2.75, 3.05) is 7.11 Å². The van der Waals surface area contributed by atoms with Gasteiger partial charge in [-0.05, 0) is 45.5 Å². The normalized spacial score (nSPS) is 16.2. The number of benzene rings is 3. The first kappa shape index (κ1) is 14.8. The van der Waals surface area contributed by atoms with Gasteiger partial charge in [0, 0.05) is 5.92 Å². The van der Waals surface area contributed by atoms with E-state index in [2.05, 4.69) is 73.7 Å². The molecule has 0 radical (unpaired) electrons. The third-order valence-electron chi connectivity index (χ3n) is 4.86. The summed E-state index contributed by atoms with van der Waals surface area (Å²) in [7, 11) is 1.71. The molecular formula is C23H20O. The van der Waals surface area contributed by atoms with Gasteiger partial charge in [-0.3, -0.25) is 0 Å². The van der Waals surface area contributed by atoms with Crippen LogP contribution < -0.4 is 4.74 Å². The molecule has 0 spiro atoms. The van der Waals surface area contributed by atoms with Gasteiger partial charge < -0.3 is 4.74 Å². The Kier molecular flexibility index (Phi) is 3.70. The molecule has 1 heteroatoms. The minimum absolute atomic E-state index is 0.379. The lowest BCUT2D eigenvalue weighted by atomic mass is 9.90. The maximum Gasteiger partial charge on any atom is 0.118 e. The van der Waals surface area contributed by atoms with E-state index in [4.69, 9.17) is 4.74 Å². The zero-order valence-electron chi connectivity index (χ0n) is 14.0. The molecule has 0 bridgehead atoms. The summed E-state index contributed by atoms with van der Waals surface area (Å²) in [6.45, 7) is 2.30. The predicted molar refractivity (Wildman–Crippen MR) is 100 cm³/mol. The average molecular weight is 312 g/mol. The zero-order chi connectivity index (χ0) is 16.5. The number of hydrogen-bond donors (Lipinski definition) is 0. The van der Waals surface area contributed by atoms with Crippen molar-refractivity contribution in [2.24, 2.45) is 0 Å². The van der Waals surface area contributed by atoms with Crippen LogP contribution in [0, 0.1) is 0 Å². The number of methoxy groups -OCH3 is 1. The van der Waals surface area contributed by atoms with Crippen molar-refractivity contribution in [3.63, 3.8) is 0 Å². The molecule has 3 aromatic carbocycles. The zero-order valence-corrected chi connectivity index (χ0v) is 14.0. The summed E-state index contributed by atoms with van der Waals surface area (Å²) in [4.78, 5) is 0. The van der Waals surface area contributed by atoms with Gasteiger partial charge in [-0.25, -0.2) is 0 Å². The minimum Gasteiger partial charge on any atom is -0.497 e. The standard InChI is InChI=1S/C23H20O/c1-16-20-10-6-7-11-21(20)23(17-8-4-3-5-9-17)22(16)18-12-14-19(24-2)15-13-18/h3-16H,1-2H3. The van der Waals surface area contributed by atoms with E-state index in [0.29, 0.717) is 5.92 Å². The highest BCUT2D eigenvalue weighted by molar-refractivity contribution is 6.05. The molecule has 0 fully saturated rings. The van der Waals surface area contributed by atoms with Crippen LogP contribution in [-0.2, 0) is 0 Å². The Labute approximate surface area is 143 Å². The van der Waals surface area contributed by atoms with Crippen LogP contribution in [0.3, 0.4) is 0 Å². The van der Waals surface area contributed by atoms with E-state index in [-0.39, 0.29) is 0 Å². The third kappa shape index (κ3) is 2.33. The van der Waals surface area contributed by atoms with Gasteiger partial charge in [0.1, 0.15) is 5.75 Å². The molecule has 1 aliphatic rings. The number of rotatable bonds is 3. The monoisotopic (exact) mass is 312 g/mol. The Balaban J connectivity index is 1.96. The molecule has 0 amide bonds. The molecule has 0 heterocycles. The summed E-state index contributed by atoms with van der Waals surface area (Å²) in [6, 6.07) is 27.9. The van der Waals surface area contributed by atoms with Crippen LogP contribution in [-0.4, -0.2) is 7.11 Å². The van der Waals surface area contributed by atoms with Gasteiger partial charge in [0.05, 0.1) is 7.11 Å². The molecule has 1 unspecified atom stereocenters. The van der Waals surface area contributed by atoms with Crippen molar-refractivity contribution < 1.29 is 4.74 Å². The fraction of sp³-hybridized carbons (Fsp3) is 0.130. The van der Waals surface area contributed by atoms with Crippen LogP contribution in [0.5, 0.6) is 5.75 Å². The highest BCUT2D eigenvalue weighted by Crippen LogP contribution is 2.49. The first-order valence-corrected chi connectivity index (χ1v) is 8.33. The fourth-order valence-corrected chi connectivity index (χ4v) is 3.70. The lowest BCUT2D eigenvalue weighted by Crippen LogP contribution is -1.94. The van der Waals surface area contributed by atoms with Gasteiger partial charge in [0.15, 0.2) is 0 Å². The molecule has 4 rings (SSSR count). The SMILES string of the molecule is COc1ccc(C2=C(c3ccccc3)c3ccccc3C2C)cc1. The quantitative estimate of drug-likeness (QED) is 0.596. The summed E-state index contributed by atoms with van der Waals surface area (Å²) in [5, 5.41) is 0. The number of ether oxygens (including phenoxy) is 1. The molecule has 1 nitrogen and oxygen atoms in total. The van der Waals surface area contributed by atoms with Gasteiger partial charge in [-0.1, -0.05) is 73.7 Å². The highest BCUT2D eigenvalue weighted by atomic mass is 16.5. The van der Waals surface area contributed by atoms with E-state index in [1.807, 2.05) is 12.1 Å². The maximum absolute atomic E-state index is 5.32. The molecule has 3 aromatic rings. The van der Waals surface area contributed by atoms with Crippen molar-refractivity contribution in [1.82, 2.24) is 0 Å². The second-order valence-electron chi connectivity index (χ2n) is 6.19. The van der Waals surface area contributed by atoms with Crippen molar-refractivity contribution in [3.05, 3.63) is 101 Å². The summed E-state index contributed by atoms with van der Waals surface area (Å²) in [6.07, 6.45) is 0. The molecule has 0 aliphatic heterocycles. The maximum atomic E-state index is 5.32. The van der Waals surface area contributed by atoms with Crippen LogP contribution in [0.1, 0.15) is 35.1 Å². The first-order chi connectivity index (χ1) is 11.8. The Morgan fingerprint density at radius 1 is 0.708 bits per heavy atom. The van der Waals surface area contributed by atoms with Crippen LogP contribution in [0.2, 0.25) is 0 Å². The molecule has 1 aliphatic carbocycles. The summed E-state index contributed by atoms with van der Waals surface area (Å²) < 4.78 is 5.32. The fourth-order valence-electron chi connectivity index (χ4n) is 3.70. The largest absolute Gasteiger partial charge is 0.497 e. The molecule has 0 aromatic heterocycles. The van der Waals surface area contributed by atoms with Gasteiger partial charge in [0.25, 0.3) is 0 Å². The van der Waals surface area contributed by atoms with Gasteiger partial charge >= 0.3 is 0 Å². The number of hydrogen-bond acceptors (Lipinski definition) is 1. The lowest BCUT2D eigenvalue weighted by molar-refractivity contribution is 0.415. The topological polar surface area (TPSA) is 9.23 Å². The molecular weight excluding hydrogens is 292 g/mol. The van der Waals surface area contributed by atoms with E-state index in [0.717, 1.165) is 5.75 Å². The molecule has 0 saturated carbocycles. The Morgan fingerprint density at radius 3 is 2.08 bits per heavy atom. The van der Waals surface area contributed by atoms with Gasteiger partial charge in [0.2, 0.25) is 0 Å². The predicted octanol–water partition coefficient (Wildman–Crippen LogP) is 5.77. The van der Waals surface area contributed by atoms with E-state index in [1.54, 1.807) is 7.11 Å². The molecule has 118 valence electrons. The lowest BCUT2D eigenvalue weighted by Gasteiger charge is -2.14. The van der Waals surface area contributed by atoms with Gasteiger partial charge in [-0.15, -0.1) is 0 Å². The first-order valence-electron chi connectivity index (χ1n) is 8.33. The molecule has 0 saturated heterocycles. The summed E-state index contributed by atoms with van der Waals surface area (Å²) in [5.74, 6) is 1.27. The average Bonchev–Trinajstić information content (AvgIpc) is 2.95. The second-order valence-corrected chi connectivity index (χ2v) is 6.19. The minimum atomic E-state index is 0.379. The van der Waals surface area contributed by atoms with E-state index in [1.165, 1.54) is 33.4 Å². The van der Waals surface area contributed by atoms with Crippen molar-refractivity contribution >= 4 is 11.1 Å². The second kappa shape index (κ2) is 6.01. The van der Waals surface area contributed by atoms with Crippen molar-refractivity contribution in [3.8, 4) is 5.75 Å². The molecule has 0 N–H and O–H groups in total. The number of fused-ring (bicyclic) bond motifs is 1. The van der Waals surface area contributed by atoms with Crippen LogP contribution in [0.15, 0.2) is 78.9 Å². The molecule has 24 heavy (non-hydrogen) atoms. The van der Waals surface area contributed by atoms with E-state index < -0.39 is 0 Å². The Morgan fingerprint density at radius 2 is 1.38 bits per heavy atom. The summed E-state index contributed by atoms with van der Waals surface area (Å²) in [5.41, 5.74) is 8.04. The van der Waals surface area contributed by atoms with Crippen LogP contribution in [0.25, 0.3) is 11.1 Å². The smallest absolute Gasteiger partial charge is 0.118 e. The molecule has 1 atom stereocenters. The van der Waals surface area contributed by atoms with E-state index in [9.17, 15) is 0 Å². The van der Waals surface area contributed by atoms with Crippen LogP contribution >= 0.6 is 0 Å².